The van der Waals surface area contributed by atoms with Gasteiger partial charge in [-0.05, 0) is 47.9 Å². The third-order valence-electron chi connectivity index (χ3n) is 3.47. The van der Waals surface area contributed by atoms with Crippen molar-refractivity contribution in [2.24, 2.45) is 0 Å². The van der Waals surface area contributed by atoms with Crippen LogP contribution in [0.15, 0.2) is 51.6 Å². The Morgan fingerprint density at radius 3 is 2.95 bits per heavy atom. The lowest BCUT2D eigenvalue weighted by Crippen LogP contribution is -2.26. The average Bonchev–Trinajstić information content (AvgIpc) is 3.14. The number of fused-ring (bicyclic) bond motifs is 1. The summed E-state index contributed by atoms with van der Waals surface area (Å²) in [4.78, 5) is 12.0. The molecule has 2 aromatic heterocycles. The molecule has 0 fully saturated rings. The predicted molar refractivity (Wildman–Crippen MR) is 85.4 cm³/mol. The van der Waals surface area contributed by atoms with E-state index in [1.165, 1.54) is 5.56 Å². The standard InChI is InChI=1S/C17H17NO2S/c1-12(16-10-14-4-2-3-5-15(14)20-16)18-17(19)7-6-13-8-9-21-11-13/h2-5,8-12H,6-7H2,1H3,(H,18,19). The summed E-state index contributed by atoms with van der Waals surface area (Å²) in [6.45, 7) is 1.94. The van der Waals surface area contributed by atoms with Crippen molar-refractivity contribution in [1.29, 1.82) is 0 Å². The van der Waals surface area contributed by atoms with E-state index in [2.05, 4.69) is 16.8 Å². The van der Waals surface area contributed by atoms with Gasteiger partial charge in [0, 0.05) is 11.8 Å². The van der Waals surface area contributed by atoms with Crippen LogP contribution >= 0.6 is 11.3 Å². The number of carbonyl (C=O) groups excluding carboxylic acids is 1. The van der Waals surface area contributed by atoms with Crippen molar-refractivity contribution in [2.75, 3.05) is 0 Å². The molecule has 3 rings (SSSR count). The van der Waals surface area contributed by atoms with Crippen LogP contribution in [0.25, 0.3) is 11.0 Å². The van der Waals surface area contributed by atoms with Crippen molar-refractivity contribution in [3.8, 4) is 0 Å². The van der Waals surface area contributed by atoms with E-state index in [4.69, 9.17) is 4.42 Å². The van der Waals surface area contributed by atoms with Crippen LogP contribution in [-0.2, 0) is 11.2 Å². The molecule has 0 aliphatic heterocycles. The topological polar surface area (TPSA) is 42.2 Å². The molecule has 0 bridgehead atoms. The predicted octanol–water partition coefficient (Wildman–Crippen LogP) is 4.30. The Kier molecular flexibility index (Phi) is 4.06. The number of furan rings is 1. The highest BCUT2D eigenvalue weighted by Gasteiger charge is 2.14. The maximum Gasteiger partial charge on any atom is 0.220 e. The van der Waals surface area contributed by atoms with Crippen LogP contribution in [-0.4, -0.2) is 5.91 Å². The van der Waals surface area contributed by atoms with E-state index in [1.807, 2.05) is 42.6 Å². The first kappa shape index (κ1) is 13.9. The van der Waals surface area contributed by atoms with E-state index >= 15 is 0 Å². The van der Waals surface area contributed by atoms with Gasteiger partial charge in [-0.2, -0.15) is 11.3 Å². The fourth-order valence-electron chi connectivity index (χ4n) is 2.29. The Labute approximate surface area is 127 Å². The highest BCUT2D eigenvalue weighted by atomic mass is 32.1. The lowest BCUT2D eigenvalue weighted by atomic mass is 10.1. The van der Waals surface area contributed by atoms with Gasteiger partial charge in [-0.25, -0.2) is 0 Å². The van der Waals surface area contributed by atoms with Gasteiger partial charge < -0.3 is 9.73 Å². The van der Waals surface area contributed by atoms with Gasteiger partial charge in [-0.3, -0.25) is 4.79 Å². The van der Waals surface area contributed by atoms with Gasteiger partial charge in [-0.15, -0.1) is 0 Å². The Bertz CT molecular complexity index is 697. The van der Waals surface area contributed by atoms with Crippen LogP contribution in [0.1, 0.15) is 30.7 Å². The number of para-hydroxylation sites is 1. The van der Waals surface area contributed by atoms with Crippen LogP contribution in [0.2, 0.25) is 0 Å². The normalized spacial score (nSPS) is 12.4. The number of hydrogen-bond donors (Lipinski definition) is 1. The summed E-state index contributed by atoms with van der Waals surface area (Å²) >= 11 is 1.66. The van der Waals surface area contributed by atoms with Crippen LogP contribution in [0, 0.1) is 0 Å². The minimum atomic E-state index is -0.118. The van der Waals surface area contributed by atoms with E-state index in [0.29, 0.717) is 6.42 Å². The Hall–Kier alpha value is -2.07. The van der Waals surface area contributed by atoms with E-state index in [1.54, 1.807) is 11.3 Å². The first-order chi connectivity index (χ1) is 10.2. The maximum absolute atomic E-state index is 12.0. The minimum absolute atomic E-state index is 0.0501. The smallest absolute Gasteiger partial charge is 0.220 e. The highest BCUT2D eigenvalue weighted by molar-refractivity contribution is 7.07. The quantitative estimate of drug-likeness (QED) is 0.763. The molecule has 1 atom stereocenters. The summed E-state index contributed by atoms with van der Waals surface area (Å²) in [5.41, 5.74) is 2.07. The van der Waals surface area contributed by atoms with Crippen molar-refractivity contribution in [2.45, 2.75) is 25.8 Å². The molecule has 3 nitrogen and oxygen atoms in total. The molecule has 2 heterocycles. The summed E-state index contributed by atoms with van der Waals surface area (Å²) in [5.74, 6) is 0.842. The molecule has 0 radical (unpaired) electrons. The molecular weight excluding hydrogens is 282 g/mol. The van der Waals surface area contributed by atoms with Gasteiger partial charge in [0.2, 0.25) is 5.91 Å². The van der Waals surface area contributed by atoms with Crippen molar-refractivity contribution in [3.63, 3.8) is 0 Å². The zero-order chi connectivity index (χ0) is 14.7. The van der Waals surface area contributed by atoms with Crippen molar-refractivity contribution in [1.82, 2.24) is 5.32 Å². The molecule has 4 heteroatoms. The summed E-state index contributed by atoms with van der Waals surface area (Å²) in [6, 6.07) is 11.8. The molecule has 1 N–H and O–H groups in total. The molecule has 21 heavy (non-hydrogen) atoms. The van der Waals surface area contributed by atoms with Gasteiger partial charge >= 0.3 is 0 Å². The minimum Gasteiger partial charge on any atom is -0.459 e. The summed E-state index contributed by atoms with van der Waals surface area (Å²) in [7, 11) is 0. The third-order valence-corrected chi connectivity index (χ3v) is 4.20. The average molecular weight is 299 g/mol. The number of thiophene rings is 1. The second kappa shape index (κ2) is 6.14. The number of amides is 1. The monoisotopic (exact) mass is 299 g/mol. The second-order valence-electron chi connectivity index (χ2n) is 5.11. The van der Waals surface area contributed by atoms with Gasteiger partial charge in [0.15, 0.2) is 0 Å². The highest BCUT2D eigenvalue weighted by Crippen LogP contribution is 2.23. The van der Waals surface area contributed by atoms with Crippen LogP contribution < -0.4 is 5.32 Å². The van der Waals surface area contributed by atoms with Gasteiger partial charge in [0.25, 0.3) is 0 Å². The molecule has 0 aliphatic carbocycles. The van der Waals surface area contributed by atoms with E-state index in [9.17, 15) is 4.79 Å². The molecule has 0 spiro atoms. The van der Waals surface area contributed by atoms with Crippen LogP contribution in [0.5, 0.6) is 0 Å². The Balaban J connectivity index is 1.60. The molecule has 3 aromatic rings. The zero-order valence-electron chi connectivity index (χ0n) is 11.8. The largest absolute Gasteiger partial charge is 0.459 e. The SMILES string of the molecule is CC(NC(=O)CCc1ccsc1)c1cc2ccccc2o1. The first-order valence-corrected chi connectivity index (χ1v) is 7.95. The zero-order valence-corrected chi connectivity index (χ0v) is 12.7. The number of benzene rings is 1. The number of rotatable bonds is 5. The molecule has 1 aromatic carbocycles. The molecule has 0 saturated carbocycles. The Morgan fingerprint density at radius 2 is 2.19 bits per heavy atom. The van der Waals surface area contributed by atoms with E-state index < -0.39 is 0 Å². The number of carbonyl (C=O) groups is 1. The van der Waals surface area contributed by atoms with Crippen molar-refractivity contribution < 1.29 is 9.21 Å². The number of nitrogens with one attached hydrogen (secondary N) is 1. The summed E-state index contributed by atoms with van der Waals surface area (Å²) in [5, 5.41) is 8.16. The van der Waals surface area contributed by atoms with Gasteiger partial charge in [-0.1, -0.05) is 18.2 Å². The molecule has 108 valence electrons. The lowest BCUT2D eigenvalue weighted by Gasteiger charge is -2.11. The Morgan fingerprint density at radius 1 is 1.33 bits per heavy atom. The van der Waals surface area contributed by atoms with Gasteiger partial charge in [0.05, 0.1) is 6.04 Å². The molecular formula is C17H17NO2S. The number of aryl methyl sites for hydroxylation is 1. The van der Waals surface area contributed by atoms with E-state index in [0.717, 1.165) is 23.2 Å². The summed E-state index contributed by atoms with van der Waals surface area (Å²) < 4.78 is 5.77. The first-order valence-electron chi connectivity index (χ1n) is 7.01. The lowest BCUT2D eigenvalue weighted by molar-refractivity contribution is -0.121. The summed E-state index contributed by atoms with van der Waals surface area (Å²) in [6.07, 6.45) is 1.28. The maximum atomic E-state index is 12.0. The molecule has 1 unspecified atom stereocenters. The van der Waals surface area contributed by atoms with Crippen molar-refractivity contribution in [3.05, 3.63) is 58.5 Å². The number of hydrogen-bond acceptors (Lipinski definition) is 3. The second-order valence-corrected chi connectivity index (χ2v) is 5.89. The third kappa shape index (κ3) is 3.34. The molecule has 0 aliphatic rings. The fourth-order valence-corrected chi connectivity index (χ4v) is 3.00. The van der Waals surface area contributed by atoms with Crippen molar-refractivity contribution >= 4 is 28.2 Å². The molecule has 0 saturated heterocycles. The van der Waals surface area contributed by atoms with Crippen LogP contribution in [0.3, 0.4) is 0 Å². The van der Waals surface area contributed by atoms with Gasteiger partial charge in [0.1, 0.15) is 11.3 Å². The van der Waals surface area contributed by atoms with Crippen LogP contribution in [0.4, 0.5) is 0 Å². The van der Waals surface area contributed by atoms with E-state index in [-0.39, 0.29) is 11.9 Å². The molecule has 1 amide bonds. The fraction of sp³-hybridized carbons (Fsp3) is 0.235.